The van der Waals surface area contributed by atoms with Crippen LogP contribution in [0.15, 0.2) is 18.3 Å². The minimum absolute atomic E-state index is 0.440. The summed E-state index contributed by atoms with van der Waals surface area (Å²) >= 11 is 0. The average molecular weight is 272 g/mol. The van der Waals surface area contributed by atoms with E-state index in [9.17, 15) is 0 Å². The molecule has 0 bridgehead atoms. The van der Waals surface area contributed by atoms with E-state index in [1.165, 1.54) is 31.8 Å². The van der Waals surface area contributed by atoms with E-state index in [1.54, 1.807) is 0 Å². The molecule has 3 rings (SSSR count). The summed E-state index contributed by atoms with van der Waals surface area (Å²) in [5.41, 5.74) is 2.08. The third-order valence-electron chi connectivity index (χ3n) is 4.33. The van der Waals surface area contributed by atoms with Crippen LogP contribution < -0.4 is 0 Å². The first-order valence-electron chi connectivity index (χ1n) is 7.65. The highest BCUT2D eigenvalue weighted by Gasteiger charge is 2.21. The fourth-order valence-electron chi connectivity index (χ4n) is 3.10. The molecule has 4 nitrogen and oxygen atoms in total. The first-order chi connectivity index (χ1) is 9.65. The standard InChI is InChI=1S/C16H24N4/c1-12(2)15-18-14-5-4-8-17-16(14)20(15)11-13-6-9-19(3)10-7-13/h4-5,8,12-13H,6-7,9-11H2,1-3H3. The molecule has 0 saturated carbocycles. The van der Waals surface area contributed by atoms with Crippen molar-refractivity contribution in [1.82, 2.24) is 19.4 Å². The zero-order valence-electron chi connectivity index (χ0n) is 12.7. The SMILES string of the molecule is CC(C)c1nc2cccnc2n1CC1CCN(C)CC1. The fourth-order valence-corrected chi connectivity index (χ4v) is 3.10. The minimum atomic E-state index is 0.440. The number of aromatic nitrogens is 3. The van der Waals surface area contributed by atoms with Crippen molar-refractivity contribution < 1.29 is 0 Å². The summed E-state index contributed by atoms with van der Waals surface area (Å²) in [7, 11) is 2.21. The Morgan fingerprint density at radius 3 is 2.75 bits per heavy atom. The summed E-state index contributed by atoms with van der Waals surface area (Å²) in [6, 6.07) is 4.04. The van der Waals surface area contributed by atoms with Crippen molar-refractivity contribution in [3.05, 3.63) is 24.2 Å². The number of fused-ring (bicyclic) bond motifs is 1. The van der Waals surface area contributed by atoms with Gasteiger partial charge in [0.05, 0.1) is 0 Å². The maximum absolute atomic E-state index is 4.78. The molecule has 0 spiro atoms. The van der Waals surface area contributed by atoms with Gasteiger partial charge in [-0.25, -0.2) is 9.97 Å². The molecule has 2 aromatic rings. The van der Waals surface area contributed by atoms with Crippen LogP contribution in [0, 0.1) is 5.92 Å². The van der Waals surface area contributed by atoms with Crippen molar-refractivity contribution >= 4 is 11.2 Å². The van der Waals surface area contributed by atoms with Gasteiger partial charge in [-0.1, -0.05) is 13.8 Å². The predicted octanol–water partition coefficient (Wildman–Crippen LogP) is 2.90. The van der Waals surface area contributed by atoms with Gasteiger partial charge in [-0.15, -0.1) is 0 Å². The van der Waals surface area contributed by atoms with Crippen LogP contribution in [0.3, 0.4) is 0 Å². The Kier molecular flexibility index (Phi) is 3.74. The smallest absolute Gasteiger partial charge is 0.159 e. The molecule has 0 N–H and O–H groups in total. The summed E-state index contributed by atoms with van der Waals surface area (Å²) in [5.74, 6) is 2.37. The summed E-state index contributed by atoms with van der Waals surface area (Å²) < 4.78 is 2.36. The molecule has 108 valence electrons. The van der Waals surface area contributed by atoms with Gasteiger partial charge in [0.25, 0.3) is 0 Å². The molecule has 0 aliphatic carbocycles. The lowest BCUT2D eigenvalue weighted by molar-refractivity contribution is 0.205. The Labute approximate surface area is 120 Å². The number of nitrogens with zero attached hydrogens (tertiary/aromatic N) is 4. The lowest BCUT2D eigenvalue weighted by Crippen LogP contribution is -2.32. The number of hydrogen-bond acceptors (Lipinski definition) is 3. The maximum atomic E-state index is 4.78. The van der Waals surface area contributed by atoms with Gasteiger partial charge in [-0.05, 0) is 51.0 Å². The molecule has 2 aromatic heterocycles. The molecule has 1 saturated heterocycles. The van der Waals surface area contributed by atoms with Gasteiger partial charge in [-0.2, -0.15) is 0 Å². The Hall–Kier alpha value is -1.42. The minimum Gasteiger partial charge on any atom is -0.312 e. The summed E-state index contributed by atoms with van der Waals surface area (Å²) in [4.78, 5) is 11.8. The summed E-state index contributed by atoms with van der Waals surface area (Å²) in [6.07, 6.45) is 4.43. The van der Waals surface area contributed by atoms with E-state index in [0.717, 1.165) is 23.6 Å². The number of pyridine rings is 1. The van der Waals surface area contributed by atoms with Crippen molar-refractivity contribution in [3.63, 3.8) is 0 Å². The number of imidazole rings is 1. The van der Waals surface area contributed by atoms with Crippen LogP contribution >= 0.6 is 0 Å². The Balaban J connectivity index is 1.91. The normalized spacial score (nSPS) is 18.2. The first kappa shape index (κ1) is 13.6. The zero-order valence-corrected chi connectivity index (χ0v) is 12.7. The number of likely N-dealkylation sites (tertiary alicyclic amines) is 1. The molecule has 0 atom stereocenters. The van der Waals surface area contributed by atoms with Gasteiger partial charge < -0.3 is 9.47 Å². The highest BCUT2D eigenvalue weighted by molar-refractivity contribution is 5.71. The first-order valence-corrected chi connectivity index (χ1v) is 7.65. The van der Waals surface area contributed by atoms with Crippen molar-refractivity contribution in [1.29, 1.82) is 0 Å². The third-order valence-corrected chi connectivity index (χ3v) is 4.33. The van der Waals surface area contributed by atoms with Crippen LogP contribution in [0.25, 0.3) is 11.2 Å². The molecule has 0 amide bonds. The van der Waals surface area contributed by atoms with Gasteiger partial charge in [0.1, 0.15) is 11.3 Å². The molecule has 1 aliphatic heterocycles. The van der Waals surface area contributed by atoms with E-state index in [2.05, 4.69) is 41.4 Å². The third kappa shape index (κ3) is 2.57. The van der Waals surface area contributed by atoms with Gasteiger partial charge in [0.15, 0.2) is 5.65 Å². The number of rotatable bonds is 3. The average Bonchev–Trinajstić information content (AvgIpc) is 2.81. The van der Waals surface area contributed by atoms with E-state index in [0.29, 0.717) is 5.92 Å². The molecule has 3 heterocycles. The second-order valence-corrected chi connectivity index (χ2v) is 6.33. The van der Waals surface area contributed by atoms with Gasteiger partial charge in [-0.3, -0.25) is 0 Å². The van der Waals surface area contributed by atoms with Crippen molar-refractivity contribution in [2.75, 3.05) is 20.1 Å². The largest absolute Gasteiger partial charge is 0.312 e. The van der Waals surface area contributed by atoms with Crippen molar-refractivity contribution in [3.8, 4) is 0 Å². The van der Waals surface area contributed by atoms with Gasteiger partial charge in [0.2, 0.25) is 0 Å². The predicted molar refractivity (Wildman–Crippen MR) is 81.8 cm³/mol. The molecule has 0 aromatic carbocycles. The van der Waals surface area contributed by atoms with Crippen LogP contribution in [0.2, 0.25) is 0 Å². The topological polar surface area (TPSA) is 34.0 Å². The van der Waals surface area contributed by atoms with Crippen LogP contribution in [0.5, 0.6) is 0 Å². The Bertz CT molecular complexity index is 579. The molecular formula is C16H24N4. The van der Waals surface area contributed by atoms with Crippen LogP contribution in [-0.2, 0) is 6.54 Å². The zero-order chi connectivity index (χ0) is 14.1. The van der Waals surface area contributed by atoms with E-state index in [4.69, 9.17) is 4.98 Å². The highest BCUT2D eigenvalue weighted by atomic mass is 15.1. The molecule has 0 radical (unpaired) electrons. The molecular weight excluding hydrogens is 248 g/mol. The van der Waals surface area contributed by atoms with Crippen LogP contribution in [-0.4, -0.2) is 39.6 Å². The number of hydrogen-bond donors (Lipinski definition) is 0. The van der Waals surface area contributed by atoms with Gasteiger partial charge >= 0.3 is 0 Å². The molecule has 4 heteroatoms. The molecule has 20 heavy (non-hydrogen) atoms. The second kappa shape index (κ2) is 5.52. The summed E-state index contributed by atoms with van der Waals surface area (Å²) in [5, 5.41) is 0. The monoisotopic (exact) mass is 272 g/mol. The molecule has 1 fully saturated rings. The lowest BCUT2D eigenvalue weighted by atomic mass is 9.97. The second-order valence-electron chi connectivity index (χ2n) is 6.33. The summed E-state index contributed by atoms with van der Waals surface area (Å²) in [6.45, 7) is 7.91. The van der Waals surface area contributed by atoms with E-state index < -0.39 is 0 Å². The lowest BCUT2D eigenvalue weighted by Gasteiger charge is -2.29. The fraction of sp³-hybridized carbons (Fsp3) is 0.625. The molecule has 0 unspecified atom stereocenters. The maximum Gasteiger partial charge on any atom is 0.159 e. The quantitative estimate of drug-likeness (QED) is 0.861. The van der Waals surface area contributed by atoms with Crippen molar-refractivity contribution in [2.24, 2.45) is 5.92 Å². The van der Waals surface area contributed by atoms with Crippen LogP contribution in [0.1, 0.15) is 38.4 Å². The van der Waals surface area contributed by atoms with Crippen LogP contribution in [0.4, 0.5) is 0 Å². The van der Waals surface area contributed by atoms with E-state index in [-0.39, 0.29) is 0 Å². The van der Waals surface area contributed by atoms with E-state index >= 15 is 0 Å². The Morgan fingerprint density at radius 1 is 1.30 bits per heavy atom. The Morgan fingerprint density at radius 2 is 2.05 bits per heavy atom. The highest BCUT2D eigenvalue weighted by Crippen LogP contribution is 2.25. The van der Waals surface area contributed by atoms with Crippen molar-refractivity contribution in [2.45, 2.75) is 39.2 Å². The van der Waals surface area contributed by atoms with Gasteiger partial charge in [0, 0.05) is 18.7 Å². The van der Waals surface area contributed by atoms with E-state index in [1.807, 2.05) is 12.3 Å². The number of piperidine rings is 1. The molecule has 1 aliphatic rings.